The van der Waals surface area contributed by atoms with Crippen molar-refractivity contribution in [2.24, 2.45) is 0 Å². The van der Waals surface area contributed by atoms with Gasteiger partial charge in [-0.1, -0.05) is 12.2 Å². The molecule has 0 aromatic heterocycles. The van der Waals surface area contributed by atoms with Crippen molar-refractivity contribution in [2.45, 2.75) is 51.6 Å². The van der Waals surface area contributed by atoms with Crippen molar-refractivity contribution >= 4 is 23.8 Å². The van der Waals surface area contributed by atoms with Gasteiger partial charge in [-0.05, 0) is 39.5 Å². The maximum atomic E-state index is 12.4. The van der Waals surface area contributed by atoms with Crippen LogP contribution in [0.25, 0.3) is 0 Å². The fraction of sp³-hybridized carbons (Fsp3) is 0.556. The Balaban J connectivity index is 2.08. The summed E-state index contributed by atoms with van der Waals surface area (Å²) in [7, 11) is 0. The monoisotopic (exact) mass is 364 g/mol. The van der Waals surface area contributed by atoms with Gasteiger partial charge in [0, 0.05) is 24.2 Å². The molecule has 2 rings (SSSR count). The number of likely N-dealkylation sites (tertiary alicyclic amines) is 2. The highest BCUT2D eigenvalue weighted by molar-refractivity contribution is 5.98. The minimum Gasteiger partial charge on any atom is -0.480 e. The lowest BCUT2D eigenvalue weighted by Crippen LogP contribution is -2.41. The Morgan fingerprint density at radius 3 is 1.42 bits per heavy atom. The lowest BCUT2D eigenvalue weighted by Gasteiger charge is -2.22. The molecule has 2 amide bonds. The number of carbonyl (C=O) groups excluding carboxylic acids is 2. The van der Waals surface area contributed by atoms with Crippen molar-refractivity contribution in [1.29, 1.82) is 0 Å². The summed E-state index contributed by atoms with van der Waals surface area (Å²) in [6.07, 6.45) is 5.14. The molecule has 0 radical (unpaired) electrons. The van der Waals surface area contributed by atoms with E-state index in [-0.39, 0.29) is 11.8 Å². The zero-order valence-corrected chi connectivity index (χ0v) is 15.0. The standard InChI is InChI=1S/C18H24N2O6/c1-11(15(21)19-9-3-5-13(19)17(23)24)7-8-12(2)16(22)20-10-4-6-14(20)18(25)26/h7-8,13-14H,3-6,9-10H2,1-2H3,(H,23,24)(H,25,26)/t13-,14?/m1/s1. The first-order valence-corrected chi connectivity index (χ1v) is 8.66. The quantitative estimate of drug-likeness (QED) is 0.556. The van der Waals surface area contributed by atoms with Crippen molar-refractivity contribution in [3.63, 3.8) is 0 Å². The van der Waals surface area contributed by atoms with Crippen molar-refractivity contribution in [2.75, 3.05) is 13.1 Å². The SMILES string of the molecule is CC(=CC=C(C)C(=O)N1CCC[C@@H]1C(=O)O)C(=O)N1CCCC1C(=O)O. The number of carboxylic acids is 2. The first-order valence-electron chi connectivity index (χ1n) is 8.66. The van der Waals surface area contributed by atoms with Crippen LogP contribution >= 0.6 is 0 Å². The zero-order chi connectivity index (χ0) is 19.4. The Morgan fingerprint density at radius 1 is 0.769 bits per heavy atom. The van der Waals surface area contributed by atoms with E-state index in [1.807, 2.05) is 0 Å². The van der Waals surface area contributed by atoms with Gasteiger partial charge in [0.05, 0.1) is 0 Å². The number of allylic oxidation sites excluding steroid dienone is 2. The molecule has 2 heterocycles. The van der Waals surface area contributed by atoms with Crippen LogP contribution in [0.4, 0.5) is 0 Å². The minimum absolute atomic E-state index is 0.335. The average Bonchev–Trinajstić information content (AvgIpc) is 3.26. The van der Waals surface area contributed by atoms with E-state index in [1.165, 1.54) is 22.0 Å². The third-order valence-corrected chi connectivity index (χ3v) is 4.86. The van der Waals surface area contributed by atoms with Crippen LogP contribution in [0.15, 0.2) is 23.3 Å². The molecule has 2 atom stereocenters. The van der Waals surface area contributed by atoms with Crippen LogP contribution in [0, 0.1) is 0 Å². The molecule has 8 heteroatoms. The second kappa shape index (κ2) is 8.16. The molecule has 142 valence electrons. The van der Waals surface area contributed by atoms with Crippen molar-refractivity contribution in [1.82, 2.24) is 9.80 Å². The molecule has 0 aliphatic carbocycles. The summed E-state index contributed by atoms with van der Waals surface area (Å²) >= 11 is 0. The van der Waals surface area contributed by atoms with E-state index in [2.05, 4.69) is 0 Å². The van der Waals surface area contributed by atoms with Crippen LogP contribution in [-0.2, 0) is 19.2 Å². The highest BCUT2D eigenvalue weighted by Crippen LogP contribution is 2.21. The van der Waals surface area contributed by atoms with E-state index in [4.69, 9.17) is 0 Å². The van der Waals surface area contributed by atoms with Gasteiger partial charge in [0.1, 0.15) is 12.1 Å². The number of amides is 2. The molecular weight excluding hydrogens is 340 g/mol. The summed E-state index contributed by atoms with van der Waals surface area (Å²) < 4.78 is 0. The second-order valence-electron chi connectivity index (χ2n) is 6.69. The molecule has 0 aromatic rings. The van der Waals surface area contributed by atoms with Gasteiger partial charge in [-0.2, -0.15) is 0 Å². The fourth-order valence-corrected chi connectivity index (χ4v) is 3.38. The van der Waals surface area contributed by atoms with Gasteiger partial charge >= 0.3 is 11.9 Å². The lowest BCUT2D eigenvalue weighted by atomic mass is 10.1. The number of aliphatic carboxylic acids is 2. The zero-order valence-electron chi connectivity index (χ0n) is 15.0. The summed E-state index contributed by atoms with van der Waals surface area (Å²) in [6, 6.07) is -1.61. The van der Waals surface area contributed by atoms with Crippen LogP contribution in [0.3, 0.4) is 0 Å². The van der Waals surface area contributed by atoms with E-state index in [0.717, 1.165) is 0 Å². The number of rotatable bonds is 5. The molecule has 0 aromatic carbocycles. The number of hydrogen-bond acceptors (Lipinski definition) is 4. The largest absolute Gasteiger partial charge is 0.480 e. The molecule has 2 aliphatic heterocycles. The summed E-state index contributed by atoms with van der Waals surface area (Å²) in [5, 5.41) is 18.3. The van der Waals surface area contributed by atoms with Crippen LogP contribution in [0.2, 0.25) is 0 Å². The Kier molecular flexibility index (Phi) is 6.18. The Hall–Kier alpha value is -2.64. The summed E-state index contributed by atoms with van der Waals surface area (Å²) in [5.41, 5.74) is 0.669. The van der Waals surface area contributed by atoms with Crippen molar-refractivity contribution in [3.8, 4) is 0 Å². The van der Waals surface area contributed by atoms with Crippen LogP contribution in [0.5, 0.6) is 0 Å². The molecule has 0 bridgehead atoms. The first kappa shape index (κ1) is 19.7. The van der Waals surface area contributed by atoms with Crippen molar-refractivity contribution < 1.29 is 29.4 Å². The first-order chi connectivity index (χ1) is 12.2. The number of carboxylic acid groups (broad SMARTS) is 2. The smallest absolute Gasteiger partial charge is 0.326 e. The summed E-state index contributed by atoms with van der Waals surface area (Å²) in [4.78, 5) is 49.9. The Morgan fingerprint density at radius 2 is 1.12 bits per heavy atom. The van der Waals surface area contributed by atoms with Gasteiger partial charge in [0.2, 0.25) is 11.8 Å². The predicted octanol–water partition coefficient (Wildman–Crippen LogP) is 1.03. The molecule has 26 heavy (non-hydrogen) atoms. The van der Waals surface area contributed by atoms with Crippen LogP contribution < -0.4 is 0 Å². The van der Waals surface area contributed by atoms with Gasteiger partial charge in [-0.15, -0.1) is 0 Å². The lowest BCUT2D eigenvalue weighted by molar-refractivity contribution is -0.147. The van der Waals surface area contributed by atoms with E-state index >= 15 is 0 Å². The molecule has 0 spiro atoms. The van der Waals surface area contributed by atoms with Crippen molar-refractivity contribution in [3.05, 3.63) is 23.3 Å². The third-order valence-electron chi connectivity index (χ3n) is 4.86. The van der Waals surface area contributed by atoms with E-state index in [0.29, 0.717) is 49.9 Å². The second-order valence-corrected chi connectivity index (χ2v) is 6.69. The van der Waals surface area contributed by atoms with Crippen LogP contribution in [-0.4, -0.2) is 68.9 Å². The molecule has 8 nitrogen and oxygen atoms in total. The van der Waals surface area contributed by atoms with Gasteiger partial charge in [-0.25, -0.2) is 9.59 Å². The Labute approximate surface area is 151 Å². The minimum atomic E-state index is -1.01. The van der Waals surface area contributed by atoms with E-state index < -0.39 is 24.0 Å². The maximum absolute atomic E-state index is 12.4. The normalized spacial score (nSPS) is 24.1. The number of nitrogens with zero attached hydrogens (tertiary/aromatic N) is 2. The van der Waals surface area contributed by atoms with E-state index in [1.54, 1.807) is 13.8 Å². The number of hydrogen-bond donors (Lipinski definition) is 2. The Bertz CT molecular complexity index is 623. The topological polar surface area (TPSA) is 115 Å². The average molecular weight is 364 g/mol. The molecule has 2 N–H and O–H groups in total. The molecule has 0 saturated carbocycles. The molecule has 1 unspecified atom stereocenters. The highest BCUT2D eigenvalue weighted by Gasteiger charge is 2.35. The fourth-order valence-electron chi connectivity index (χ4n) is 3.38. The van der Waals surface area contributed by atoms with Gasteiger partial charge in [0.15, 0.2) is 0 Å². The highest BCUT2D eigenvalue weighted by atomic mass is 16.4. The molecule has 2 saturated heterocycles. The van der Waals surface area contributed by atoms with Gasteiger partial charge < -0.3 is 20.0 Å². The molecule has 2 fully saturated rings. The number of carbonyl (C=O) groups is 4. The maximum Gasteiger partial charge on any atom is 0.326 e. The molecular formula is C18H24N2O6. The predicted molar refractivity (Wildman–Crippen MR) is 92.3 cm³/mol. The summed E-state index contributed by atoms with van der Waals surface area (Å²) in [6.45, 7) is 3.95. The van der Waals surface area contributed by atoms with Crippen LogP contribution in [0.1, 0.15) is 39.5 Å². The molecule has 2 aliphatic rings. The third kappa shape index (κ3) is 4.12. The summed E-state index contributed by atoms with van der Waals surface area (Å²) in [5.74, 6) is -2.76. The van der Waals surface area contributed by atoms with Gasteiger partial charge in [0.25, 0.3) is 0 Å². The van der Waals surface area contributed by atoms with Gasteiger partial charge in [-0.3, -0.25) is 9.59 Å². The van der Waals surface area contributed by atoms with E-state index in [9.17, 15) is 29.4 Å².